The van der Waals surface area contributed by atoms with Crippen LogP contribution in [0.25, 0.3) is 0 Å². The summed E-state index contributed by atoms with van der Waals surface area (Å²) in [4.78, 5) is 10.8. The highest BCUT2D eigenvalue weighted by molar-refractivity contribution is 5.83. The molecule has 0 saturated carbocycles. The lowest BCUT2D eigenvalue weighted by Gasteiger charge is -2.41. The summed E-state index contributed by atoms with van der Waals surface area (Å²) in [5.74, 6) is -49.8. The van der Waals surface area contributed by atoms with Crippen molar-refractivity contribution in [3.8, 4) is 0 Å². The summed E-state index contributed by atoms with van der Waals surface area (Å²) in [6, 6.07) is 0. The zero-order valence-corrected chi connectivity index (χ0v) is 13.8. The summed E-state index contributed by atoms with van der Waals surface area (Å²) in [5, 5.41) is 0. The quantitative estimate of drug-likeness (QED) is 0.308. The molecule has 0 aliphatic rings. The molecule has 18 heteroatoms. The fourth-order valence-corrected chi connectivity index (χ4v) is 1.55. The SMILES string of the molecule is CCOC(=O)/C=C(\N)C(F)(F)C(F)(F)C(F)(F)C(F)(F)C(F)(F)C(F)(F)C(F)(F)F. The van der Waals surface area contributed by atoms with E-state index >= 15 is 0 Å². The van der Waals surface area contributed by atoms with E-state index in [1.54, 1.807) is 0 Å². The molecule has 3 nitrogen and oxygen atoms in total. The van der Waals surface area contributed by atoms with Crippen LogP contribution < -0.4 is 5.73 Å². The van der Waals surface area contributed by atoms with Crippen molar-refractivity contribution in [3.63, 3.8) is 0 Å². The van der Waals surface area contributed by atoms with Crippen molar-refractivity contribution < 1.29 is 75.4 Å². The maximum Gasteiger partial charge on any atom is 0.460 e. The van der Waals surface area contributed by atoms with Gasteiger partial charge in [0.25, 0.3) is 0 Å². The van der Waals surface area contributed by atoms with Crippen LogP contribution >= 0.6 is 0 Å². The fraction of sp³-hybridized carbons (Fsp3) is 0.750. The number of rotatable bonds is 8. The lowest BCUT2D eigenvalue weighted by atomic mass is 9.90. The number of esters is 1. The highest BCUT2D eigenvalue weighted by Crippen LogP contribution is 2.62. The van der Waals surface area contributed by atoms with Gasteiger partial charge in [0.2, 0.25) is 0 Å². The van der Waals surface area contributed by atoms with Crippen LogP contribution in [0.5, 0.6) is 0 Å². The number of carbonyl (C=O) groups is 1. The highest BCUT2D eigenvalue weighted by atomic mass is 19.4. The van der Waals surface area contributed by atoms with Crippen molar-refractivity contribution in [2.75, 3.05) is 6.61 Å². The van der Waals surface area contributed by atoms with Gasteiger partial charge in [0.15, 0.2) is 0 Å². The molecule has 0 saturated heterocycles. The molecule has 30 heavy (non-hydrogen) atoms. The lowest BCUT2D eigenvalue weighted by molar-refractivity contribution is -0.450. The minimum Gasteiger partial charge on any atom is -0.463 e. The Labute approximate surface area is 155 Å². The minimum atomic E-state index is -8.42. The zero-order chi connectivity index (χ0) is 24.8. The number of allylic oxidation sites excluding steroid dienone is 1. The van der Waals surface area contributed by atoms with Crippen molar-refractivity contribution in [2.45, 2.75) is 48.6 Å². The van der Waals surface area contributed by atoms with Crippen molar-refractivity contribution in [3.05, 3.63) is 11.8 Å². The van der Waals surface area contributed by atoms with E-state index in [0.29, 0.717) is 0 Å². The van der Waals surface area contributed by atoms with E-state index in [4.69, 9.17) is 0 Å². The summed E-state index contributed by atoms with van der Waals surface area (Å²) in [5.41, 5.74) is 1.23. The van der Waals surface area contributed by atoms with Crippen LogP contribution in [0.1, 0.15) is 6.92 Å². The Morgan fingerprint density at radius 2 is 1.03 bits per heavy atom. The van der Waals surface area contributed by atoms with E-state index in [1.807, 2.05) is 0 Å². The van der Waals surface area contributed by atoms with E-state index in [-0.39, 0.29) is 0 Å². The lowest BCUT2D eigenvalue weighted by Crippen LogP contribution is -2.73. The third kappa shape index (κ3) is 3.83. The summed E-state index contributed by atoms with van der Waals surface area (Å²) in [7, 11) is 0. The molecule has 0 aromatic heterocycles. The second-order valence-corrected chi connectivity index (χ2v) is 5.30. The molecule has 0 aromatic rings. The number of alkyl halides is 15. The predicted molar refractivity (Wildman–Crippen MR) is 64.6 cm³/mol. The van der Waals surface area contributed by atoms with E-state index in [1.165, 1.54) is 0 Å². The van der Waals surface area contributed by atoms with E-state index in [9.17, 15) is 70.7 Å². The van der Waals surface area contributed by atoms with Gasteiger partial charge in [0.05, 0.1) is 12.3 Å². The molecule has 2 N–H and O–H groups in total. The number of carbonyl (C=O) groups excluding carboxylic acids is 1. The van der Waals surface area contributed by atoms with Crippen molar-refractivity contribution >= 4 is 5.97 Å². The average Bonchev–Trinajstić information content (AvgIpc) is 2.52. The molecule has 0 spiro atoms. The molecule has 0 unspecified atom stereocenters. The molecule has 0 atom stereocenters. The number of hydrogen-bond donors (Lipinski definition) is 1. The molecule has 0 aromatic carbocycles. The second kappa shape index (κ2) is 7.58. The monoisotopic (exact) mass is 483 g/mol. The van der Waals surface area contributed by atoms with E-state index in [0.717, 1.165) is 6.92 Å². The number of ether oxygens (including phenoxy) is 1. The van der Waals surface area contributed by atoms with Crippen LogP contribution in [0.15, 0.2) is 11.8 Å². The number of nitrogens with two attached hydrogens (primary N) is 1. The first kappa shape index (κ1) is 28.0. The van der Waals surface area contributed by atoms with E-state index < -0.39 is 66.1 Å². The van der Waals surface area contributed by atoms with Gasteiger partial charge < -0.3 is 10.5 Å². The van der Waals surface area contributed by atoms with Crippen molar-refractivity contribution in [2.24, 2.45) is 5.73 Å². The van der Waals surface area contributed by atoms with Gasteiger partial charge in [0.1, 0.15) is 0 Å². The summed E-state index contributed by atoms with van der Waals surface area (Å²) in [6.45, 7) is 0.365. The maximum atomic E-state index is 13.5. The molecule has 0 radical (unpaired) electrons. The Morgan fingerprint density at radius 3 is 1.37 bits per heavy atom. The topological polar surface area (TPSA) is 52.3 Å². The molecule has 0 bridgehead atoms. The van der Waals surface area contributed by atoms with Crippen molar-refractivity contribution in [1.82, 2.24) is 0 Å². The average molecular weight is 483 g/mol. The summed E-state index contributed by atoms with van der Waals surface area (Å²) in [6.07, 6.45) is -8.54. The first-order chi connectivity index (χ1) is 12.9. The Hall–Kier alpha value is -2.04. The molecule has 178 valence electrons. The Morgan fingerprint density at radius 1 is 0.700 bits per heavy atom. The molecule has 0 amide bonds. The molecule has 0 aliphatic heterocycles. The van der Waals surface area contributed by atoms with Crippen LogP contribution in [0.4, 0.5) is 65.9 Å². The number of hydrogen-bond acceptors (Lipinski definition) is 3. The normalized spacial score (nSPS) is 15.9. The molecule has 0 rings (SSSR count). The van der Waals surface area contributed by atoms with Crippen LogP contribution in [-0.2, 0) is 9.53 Å². The van der Waals surface area contributed by atoms with Crippen LogP contribution in [-0.4, -0.2) is 54.3 Å². The van der Waals surface area contributed by atoms with Gasteiger partial charge in [-0.15, -0.1) is 0 Å². The first-order valence-electron chi connectivity index (χ1n) is 6.85. The molecular formula is C12H8F15NO2. The third-order valence-electron chi connectivity index (χ3n) is 3.25. The van der Waals surface area contributed by atoms with E-state index in [2.05, 4.69) is 10.5 Å². The fourth-order valence-electron chi connectivity index (χ4n) is 1.55. The van der Waals surface area contributed by atoms with Gasteiger partial charge in [-0.05, 0) is 6.92 Å². The third-order valence-corrected chi connectivity index (χ3v) is 3.25. The molecule has 0 heterocycles. The minimum absolute atomic E-state index is 0.641. The van der Waals surface area contributed by atoms with Crippen molar-refractivity contribution in [1.29, 1.82) is 0 Å². The summed E-state index contributed by atoms with van der Waals surface area (Å²) >= 11 is 0. The van der Waals surface area contributed by atoms with Gasteiger partial charge in [-0.1, -0.05) is 0 Å². The second-order valence-electron chi connectivity index (χ2n) is 5.30. The predicted octanol–water partition coefficient (Wildman–Crippen LogP) is 4.77. The number of halogens is 15. The zero-order valence-electron chi connectivity index (χ0n) is 13.8. The van der Waals surface area contributed by atoms with Gasteiger partial charge in [-0.25, -0.2) is 4.79 Å². The largest absolute Gasteiger partial charge is 0.463 e. The summed E-state index contributed by atoms with van der Waals surface area (Å²) < 4.78 is 198. The van der Waals surface area contributed by atoms with Gasteiger partial charge >= 0.3 is 47.7 Å². The Bertz CT molecular complexity index is 680. The standard InChI is InChI=1S/C12H8F15NO2/c1-2-30-5(29)3-4(28)6(13,14)7(15,16)8(17,18)9(19,20)10(21,22)11(23,24)12(25,26)27/h3H,2,28H2,1H3/b4-3-. The van der Waals surface area contributed by atoms with Crippen LogP contribution in [0.2, 0.25) is 0 Å². The smallest absolute Gasteiger partial charge is 0.460 e. The highest BCUT2D eigenvalue weighted by Gasteiger charge is 2.93. The van der Waals surface area contributed by atoms with Gasteiger partial charge in [-0.3, -0.25) is 0 Å². The van der Waals surface area contributed by atoms with Gasteiger partial charge in [-0.2, -0.15) is 65.9 Å². The molecular weight excluding hydrogens is 475 g/mol. The molecule has 0 aliphatic carbocycles. The van der Waals surface area contributed by atoms with Gasteiger partial charge in [0, 0.05) is 6.08 Å². The van der Waals surface area contributed by atoms with Crippen LogP contribution in [0, 0.1) is 0 Å². The maximum absolute atomic E-state index is 13.5. The Balaban J connectivity index is 6.59. The molecule has 0 fully saturated rings. The first-order valence-corrected chi connectivity index (χ1v) is 6.85. The Kier molecular flexibility index (Phi) is 7.06. The van der Waals surface area contributed by atoms with Crippen LogP contribution in [0.3, 0.4) is 0 Å².